The van der Waals surface area contributed by atoms with Gasteiger partial charge in [0.05, 0.1) is 7.11 Å². The number of aryl methyl sites for hydroxylation is 1. The van der Waals surface area contributed by atoms with Crippen LogP contribution in [0, 0.1) is 6.92 Å². The average Bonchev–Trinajstić information content (AvgIpc) is 2.65. The van der Waals surface area contributed by atoms with Crippen molar-refractivity contribution in [2.45, 2.75) is 25.9 Å². The van der Waals surface area contributed by atoms with Crippen LogP contribution in [0.4, 0.5) is 0 Å². The zero-order valence-corrected chi connectivity index (χ0v) is 15.5. The zero-order chi connectivity index (χ0) is 18.7. The van der Waals surface area contributed by atoms with Gasteiger partial charge in [-0.25, -0.2) is 4.79 Å². The van der Waals surface area contributed by atoms with Gasteiger partial charge in [-0.15, -0.1) is 0 Å². The molecule has 5 nitrogen and oxygen atoms in total. The lowest BCUT2D eigenvalue weighted by atomic mass is 9.94. The number of carbonyl (C=O) groups excluding carboxylic acids is 2. The van der Waals surface area contributed by atoms with Crippen molar-refractivity contribution in [1.29, 1.82) is 0 Å². The van der Waals surface area contributed by atoms with Crippen LogP contribution >= 0.6 is 11.6 Å². The predicted molar refractivity (Wildman–Crippen MR) is 98.2 cm³/mol. The molecular formula is C20H20ClNO4. The second kappa shape index (κ2) is 7.79. The summed E-state index contributed by atoms with van der Waals surface area (Å²) in [4.78, 5) is 26.5. The lowest BCUT2D eigenvalue weighted by Crippen LogP contribution is -2.50. The lowest BCUT2D eigenvalue weighted by molar-refractivity contribution is -0.154. The van der Waals surface area contributed by atoms with E-state index in [1.165, 1.54) is 12.0 Å². The maximum Gasteiger partial charge on any atom is 0.328 e. The largest absolute Gasteiger partial charge is 0.483 e. The van der Waals surface area contributed by atoms with Crippen molar-refractivity contribution in [1.82, 2.24) is 4.90 Å². The summed E-state index contributed by atoms with van der Waals surface area (Å²) in [5.74, 6) is -0.0884. The molecule has 1 heterocycles. The quantitative estimate of drug-likeness (QED) is 0.772. The number of nitrogens with zero attached hydrogens (tertiary/aromatic N) is 1. The van der Waals surface area contributed by atoms with Gasteiger partial charge in [0.1, 0.15) is 11.8 Å². The number of hydrogen-bond acceptors (Lipinski definition) is 4. The summed E-state index contributed by atoms with van der Waals surface area (Å²) in [6, 6.07) is 12.4. The molecule has 1 atom stereocenters. The van der Waals surface area contributed by atoms with Gasteiger partial charge in [-0.1, -0.05) is 35.9 Å². The number of fused-ring (bicyclic) bond motifs is 1. The number of rotatable bonds is 4. The Labute approximate surface area is 157 Å². The molecular weight excluding hydrogens is 354 g/mol. The first-order chi connectivity index (χ1) is 12.5. The van der Waals surface area contributed by atoms with Crippen molar-refractivity contribution in [2.24, 2.45) is 0 Å². The third-order valence-electron chi connectivity index (χ3n) is 4.53. The molecule has 6 heteroatoms. The van der Waals surface area contributed by atoms with Crippen molar-refractivity contribution in [3.8, 4) is 5.75 Å². The Morgan fingerprint density at radius 2 is 1.92 bits per heavy atom. The number of halogens is 1. The van der Waals surface area contributed by atoms with Crippen LogP contribution in [0.15, 0.2) is 42.5 Å². The predicted octanol–water partition coefficient (Wildman–Crippen LogP) is 3.15. The molecule has 1 aliphatic rings. The molecule has 0 saturated carbocycles. The zero-order valence-electron chi connectivity index (χ0n) is 14.7. The maximum absolute atomic E-state index is 12.8. The number of ether oxygens (including phenoxy) is 2. The molecule has 2 aromatic carbocycles. The molecule has 2 aromatic rings. The number of hydrogen-bond donors (Lipinski definition) is 0. The number of carbonyl (C=O) groups is 2. The van der Waals surface area contributed by atoms with Crippen molar-refractivity contribution < 1.29 is 19.1 Å². The Kier molecular flexibility index (Phi) is 5.47. The summed E-state index contributed by atoms with van der Waals surface area (Å²) in [5.41, 5.74) is 2.93. The smallest absolute Gasteiger partial charge is 0.328 e. The van der Waals surface area contributed by atoms with E-state index in [0.29, 0.717) is 23.7 Å². The van der Waals surface area contributed by atoms with Gasteiger partial charge in [0.25, 0.3) is 5.91 Å². The fourth-order valence-electron chi connectivity index (χ4n) is 3.13. The summed E-state index contributed by atoms with van der Waals surface area (Å²) in [6.45, 7) is 2.07. The van der Waals surface area contributed by atoms with E-state index in [9.17, 15) is 9.59 Å². The number of methoxy groups -OCH3 is 1. The van der Waals surface area contributed by atoms with Gasteiger partial charge in [0, 0.05) is 18.0 Å². The highest BCUT2D eigenvalue weighted by molar-refractivity contribution is 6.30. The Hall–Kier alpha value is -2.53. The average molecular weight is 374 g/mol. The summed E-state index contributed by atoms with van der Waals surface area (Å²) >= 11 is 5.94. The third-order valence-corrected chi connectivity index (χ3v) is 4.77. The van der Waals surface area contributed by atoms with E-state index in [2.05, 4.69) is 0 Å². The SMILES string of the molecule is COC(=O)[C@@H]1Cc2ccccc2CN1C(=O)COc1ccc(Cl)cc1C. The normalized spacial score (nSPS) is 16.0. The van der Waals surface area contributed by atoms with Crippen LogP contribution < -0.4 is 4.74 Å². The number of esters is 1. The third kappa shape index (κ3) is 3.83. The highest BCUT2D eigenvalue weighted by Gasteiger charge is 2.35. The summed E-state index contributed by atoms with van der Waals surface area (Å²) < 4.78 is 10.5. The van der Waals surface area contributed by atoms with E-state index < -0.39 is 12.0 Å². The van der Waals surface area contributed by atoms with Gasteiger partial charge in [0.2, 0.25) is 0 Å². The molecule has 0 spiro atoms. The molecule has 0 N–H and O–H groups in total. The van der Waals surface area contributed by atoms with E-state index in [1.807, 2.05) is 31.2 Å². The van der Waals surface area contributed by atoms with Gasteiger partial charge in [0.15, 0.2) is 6.61 Å². The van der Waals surface area contributed by atoms with E-state index in [0.717, 1.165) is 16.7 Å². The second-order valence-electron chi connectivity index (χ2n) is 6.23. The van der Waals surface area contributed by atoms with Gasteiger partial charge >= 0.3 is 5.97 Å². The molecule has 1 aliphatic heterocycles. The molecule has 0 aliphatic carbocycles. The Morgan fingerprint density at radius 1 is 1.19 bits per heavy atom. The maximum atomic E-state index is 12.8. The van der Waals surface area contributed by atoms with Crippen LogP contribution in [-0.4, -0.2) is 36.5 Å². The highest BCUT2D eigenvalue weighted by Crippen LogP contribution is 2.25. The van der Waals surface area contributed by atoms with Crippen LogP contribution in [0.3, 0.4) is 0 Å². The molecule has 0 radical (unpaired) electrons. The fraction of sp³-hybridized carbons (Fsp3) is 0.300. The highest BCUT2D eigenvalue weighted by atomic mass is 35.5. The molecule has 0 fully saturated rings. The van der Waals surface area contributed by atoms with Crippen LogP contribution in [0.2, 0.25) is 5.02 Å². The van der Waals surface area contributed by atoms with Crippen LogP contribution in [0.1, 0.15) is 16.7 Å². The monoisotopic (exact) mass is 373 g/mol. The minimum absolute atomic E-state index is 0.155. The number of benzene rings is 2. The van der Waals surface area contributed by atoms with Crippen LogP contribution in [0.5, 0.6) is 5.75 Å². The van der Waals surface area contributed by atoms with E-state index in [-0.39, 0.29) is 12.5 Å². The molecule has 0 saturated heterocycles. The van der Waals surface area contributed by atoms with Crippen molar-refractivity contribution >= 4 is 23.5 Å². The van der Waals surface area contributed by atoms with Crippen molar-refractivity contribution in [3.63, 3.8) is 0 Å². The van der Waals surface area contributed by atoms with E-state index in [1.54, 1.807) is 18.2 Å². The first-order valence-corrected chi connectivity index (χ1v) is 8.70. The fourth-order valence-corrected chi connectivity index (χ4v) is 3.36. The van der Waals surface area contributed by atoms with Crippen molar-refractivity contribution in [3.05, 3.63) is 64.2 Å². The van der Waals surface area contributed by atoms with E-state index in [4.69, 9.17) is 21.1 Å². The second-order valence-corrected chi connectivity index (χ2v) is 6.67. The standard InChI is InChI=1S/C20H20ClNO4/c1-13-9-16(21)7-8-18(13)26-12-19(23)22-11-15-6-4-3-5-14(15)10-17(22)20(24)25-2/h3-9,17H,10-12H2,1-2H3/t17-/m0/s1. The van der Waals surface area contributed by atoms with Crippen molar-refractivity contribution in [2.75, 3.05) is 13.7 Å². The molecule has 1 amide bonds. The van der Waals surface area contributed by atoms with Crippen LogP contribution in [0.25, 0.3) is 0 Å². The Balaban J connectivity index is 1.76. The Bertz CT molecular complexity index is 836. The molecule has 3 rings (SSSR count). The Morgan fingerprint density at radius 3 is 2.62 bits per heavy atom. The van der Waals surface area contributed by atoms with Crippen LogP contribution in [-0.2, 0) is 27.3 Å². The molecule has 0 bridgehead atoms. The minimum Gasteiger partial charge on any atom is -0.483 e. The summed E-state index contributed by atoms with van der Waals surface area (Å²) in [5, 5.41) is 0.611. The van der Waals surface area contributed by atoms with E-state index >= 15 is 0 Å². The van der Waals surface area contributed by atoms with Gasteiger partial charge in [-0.3, -0.25) is 4.79 Å². The number of amides is 1. The first kappa shape index (κ1) is 18.3. The van der Waals surface area contributed by atoms with Gasteiger partial charge in [-0.2, -0.15) is 0 Å². The molecule has 136 valence electrons. The minimum atomic E-state index is -0.641. The topological polar surface area (TPSA) is 55.8 Å². The van der Waals surface area contributed by atoms with Gasteiger partial charge < -0.3 is 14.4 Å². The lowest BCUT2D eigenvalue weighted by Gasteiger charge is -2.35. The molecule has 0 aromatic heterocycles. The molecule has 0 unspecified atom stereocenters. The summed E-state index contributed by atoms with van der Waals surface area (Å²) in [6.07, 6.45) is 0.439. The van der Waals surface area contributed by atoms with Gasteiger partial charge in [-0.05, 0) is 41.8 Å². The first-order valence-electron chi connectivity index (χ1n) is 8.32. The summed E-state index contributed by atoms with van der Waals surface area (Å²) in [7, 11) is 1.33. The molecule has 26 heavy (non-hydrogen) atoms.